The van der Waals surface area contributed by atoms with Crippen LogP contribution in [0.15, 0.2) is 24.3 Å². The maximum atomic E-state index is 12.8. The fourth-order valence-electron chi connectivity index (χ4n) is 0.844. The van der Waals surface area contributed by atoms with E-state index < -0.39 is 18.5 Å². The predicted molar refractivity (Wildman–Crippen MR) is 38.4 cm³/mol. The summed E-state index contributed by atoms with van der Waals surface area (Å²) in [4.78, 5) is 0. The molecule has 1 aromatic rings. The van der Waals surface area contributed by atoms with Gasteiger partial charge in [0.25, 0.3) is 0 Å². The highest BCUT2D eigenvalue weighted by Gasteiger charge is 2.09. The maximum absolute atomic E-state index is 12.8. The molecule has 1 rings (SSSR count). The van der Waals surface area contributed by atoms with Crippen molar-refractivity contribution in [2.45, 2.75) is 6.10 Å². The van der Waals surface area contributed by atoms with Crippen LogP contribution in [0, 0.1) is 5.82 Å². The summed E-state index contributed by atoms with van der Waals surface area (Å²) < 4.78 is 12.8. The quantitative estimate of drug-likeness (QED) is 0.666. The van der Waals surface area contributed by atoms with Gasteiger partial charge in [-0.15, -0.1) is 0 Å². The Morgan fingerprint density at radius 2 is 2.00 bits per heavy atom. The molecule has 0 unspecified atom stereocenters. The van der Waals surface area contributed by atoms with Crippen LogP contribution in [-0.2, 0) is 0 Å². The molecule has 0 radical (unpaired) electrons. The molecule has 0 aromatic heterocycles. The summed E-state index contributed by atoms with van der Waals surface area (Å²) in [6.07, 6.45) is -1.11. The maximum Gasteiger partial charge on any atom is 0.129 e. The van der Waals surface area contributed by atoms with Gasteiger partial charge >= 0.3 is 0 Å². The topological polar surface area (TPSA) is 40.5 Å². The van der Waals surface area contributed by atoms with E-state index in [0.717, 1.165) is 0 Å². The van der Waals surface area contributed by atoms with E-state index in [1.165, 1.54) is 18.2 Å². The molecule has 0 heterocycles. The van der Waals surface area contributed by atoms with Crippen molar-refractivity contribution in [2.75, 3.05) is 6.61 Å². The van der Waals surface area contributed by atoms with Gasteiger partial charge in [0.2, 0.25) is 0 Å². The first-order valence-electron chi connectivity index (χ1n) is 3.29. The van der Waals surface area contributed by atoms with Gasteiger partial charge in [0.15, 0.2) is 0 Å². The summed E-state index contributed by atoms with van der Waals surface area (Å²) in [5.41, 5.74) is 0.134. The minimum atomic E-state index is -1.11. The molecule has 0 spiro atoms. The van der Waals surface area contributed by atoms with Crippen molar-refractivity contribution in [2.24, 2.45) is 0 Å². The van der Waals surface area contributed by atoms with Crippen molar-refractivity contribution in [3.05, 3.63) is 35.6 Å². The van der Waals surface area contributed by atoms with E-state index in [4.69, 9.17) is 10.2 Å². The standard InChI is InChI=1S/C8H9FO2/c9-7-4-2-1-3-6(7)8(11)5-10/h1-4,8,10-11H,5H2/t8-/m0/s1. The van der Waals surface area contributed by atoms with Crippen molar-refractivity contribution in [1.29, 1.82) is 0 Å². The van der Waals surface area contributed by atoms with E-state index in [1.54, 1.807) is 6.07 Å². The lowest BCUT2D eigenvalue weighted by Gasteiger charge is -2.07. The van der Waals surface area contributed by atoms with Gasteiger partial charge in [-0.25, -0.2) is 4.39 Å². The zero-order chi connectivity index (χ0) is 8.27. The Kier molecular flexibility index (Phi) is 2.57. The highest BCUT2D eigenvalue weighted by molar-refractivity contribution is 5.19. The van der Waals surface area contributed by atoms with Gasteiger partial charge in [0, 0.05) is 5.56 Å². The molecule has 0 amide bonds. The number of halogens is 1. The molecule has 2 nitrogen and oxygen atoms in total. The van der Waals surface area contributed by atoms with Crippen LogP contribution in [0.5, 0.6) is 0 Å². The minimum Gasteiger partial charge on any atom is -0.393 e. The van der Waals surface area contributed by atoms with Crippen LogP contribution in [0.3, 0.4) is 0 Å². The van der Waals surface area contributed by atoms with Crippen LogP contribution in [0.1, 0.15) is 11.7 Å². The molecule has 0 aliphatic rings. The molecule has 0 aliphatic heterocycles. The number of hydrogen-bond acceptors (Lipinski definition) is 2. The highest BCUT2D eigenvalue weighted by atomic mass is 19.1. The zero-order valence-electron chi connectivity index (χ0n) is 5.87. The van der Waals surface area contributed by atoms with Gasteiger partial charge < -0.3 is 10.2 Å². The van der Waals surface area contributed by atoms with Crippen LogP contribution in [0.2, 0.25) is 0 Å². The van der Waals surface area contributed by atoms with Crippen LogP contribution >= 0.6 is 0 Å². The normalized spacial score (nSPS) is 13.0. The average molecular weight is 156 g/mol. The van der Waals surface area contributed by atoms with Crippen molar-refractivity contribution < 1.29 is 14.6 Å². The van der Waals surface area contributed by atoms with E-state index in [1.807, 2.05) is 0 Å². The molecule has 1 aromatic carbocycles. The summed E-state index contributed by atoms with van der Waals surface area (Å²) in [6.45, 7) is -0.457. The Bertz CT molecular complexity index is 237. The molecule has 3 heteroatoms. The number of aliphatic hydroxyl groups is 2. The first-order chi connectivity index (χ1) is 5.25. The van der Waals surface area contributed by atoms with Gasteiger partial charge in [-0.1, -0.05) is 18.2 Å². The van der Waals surface area contributed by atoms with Crippen molar-refractivity contribution >= 4 is 0 Å². The van der Waals surface area contributed by atoms with Gasteiger partial charge in [0.1, 0.15) is 11.9 Å². The summed E-state index contributed by atoms with van der Waals surface area (Å²) >= 11 is 0. The lowest BCUT2D eigenvalue weighted by molar-refractivity contribution is 0.0926. The molecule has 1 atom stereocenters. The molecule has 0 saturated heterocycles. The van der Waals surface area contributed by atoms with E-state index in [-0.39, 0.29) is 5.56 Å². The SMILES string of the molecule is OC[C@H](O)c1ccccc1F. The molecule has 0 saturated carbocycles. The third-order valence-corrected chi connectivity index (χ3v) is 1.44. The number of rotatable bonds is 2. The fraction of sp³-hybridized carbons (Fsp3) is 0.250. The zero-order valence-corrected chi connectivity index (χ0v) is 5.87. The van der Waals surface area contributed by atoms with Crippen LogP contribution in [-0.4, -0.2) is 16.8 Å². The smallest absolute Gasteiger partial charge is 0.129 e. The average Bonchev–Trinajstić information content (AvgIpc) is 2.04. The summed E-state index contributed by atoms with van der Waals surface area (Å²) in [7, 11) is 0. The second kappa shape index (κ2) is 3.46. The van der Waals surface area contributed by atoms with Gasteiger partial charge in [-0.2, -0.15) is 0 Å². The van der Waals surface area contributed by atoms with Crippen molar-refractivity contribution in [1.82, 2.24) is 0 Å². The summed E-state index contributed by atoms with van der Waals surface area (Å²) in [5.74, 6) is -0.492. The third kappa shape index (κ3) is 1.76. The molecule has 0 fully saturated rings. The first kappa shape index (κ1) is 8.17. The second-order valence-corrected chi connectivity index (χ2v) is 2.22. The molecule has 2 N–H and O–H groups in total. The Labute approximate surface area is 63.9 Å². The van der Waals surface area contributed by atoms with Gasteiger partial charge in [0.05, 0.1) is 6.61 Å². The van der Waals surface area contributed by atoms with Crippen molar-refractivity contribution in [3.8, 4) is 0 Å². The molecular formula is C8H9FO2. The fourth-order valence-corrected chi connectivity index (χ4v) is 0.844. The van der Waals surface area contributed by atoms with Gasteiger partial charge in [-0.05, 0) is 6.07 Å². The largest absolute Gasteiger partial charge is 0.393 e. The summed E-state index contributed by atoms with van der Waals surface area (Å²) in [5, 5.41) is 17.5. The Balaban J connectivity index is 2.93. The number of benzene rings is 1. The van der Waals surface area contributed by atoms with Crippen LogP contribution in [0.25, 0.3) is 0 Å². The number of aliphatic hydroxyl groups excluding tert-OH is 2. The highest BCUT2D eigenvalue weighted by Crippen LogP contribution is 2.14. The lowest BCUT2D eigenvalue weighted by Crippen LogP contribution is -2.04. The Morgan fingerprint density at radius 1 is 1.36 bits per heavy atom. The van der Waals surface area contributed by atoms with Gasteiger partial charge in [-0.3, -0.25) is 0 Å². The molecule has 0 bridgehead atoms. The van der Waals surface area contributed by atoms with E-state index in [9.17, 15) is 4.39 Å². The lowest BCUT2D eigenvalue weighted by atomic mass is 10.1. The number of hydrogen-bond donors (Lipinski definition) is 2. The Hall–Kier alpha value is -0.930. The summed E-state index contributed by atoms with van der Waals surface area (Å²) in [6, 6.07) is 5.82. The Morgan fingerprint density at radius 3 is 2.55 bits per heavy atom. The van der Waals surface area contributed by atoms with E-state index in [0.29, 0.717) is 0 Å². The third-order valence-electron chi connectivity index (χ3n) is 1.44. The predicted octanol–water partition coefficient (Wildman–Crippen LogP) is 0.851. The molecule has 0 aliphatic carbocycles. The van der Waals surface area contributed by atoms with Crippen molar-refractivity contribution in [3.63, 3.8) is 0 Å². The van der Waals surface area contributed by atoms with Crippen LogP contribution < -0.4 is 0 Å². The molecule has 11 heavy (non-hydrogen) atoms. The van der Waals surface area contributed by atoms with E-state index >= 15 is 0 Å². The first-order valence-corrected chi connectivity index (χ1v) is 3.29. The molecular weight excluding hydrogens is 147 g/mol. The van der Waals surface area contributed by atoms with Crippen LogP contribution in [0.4, 0.5) is 4.39 Å². The van der Waals surface area contributed by atoms with E-state index in [2.05, 4.69) is 0 Å². The molecule has 60 valence electrons. The minimum absolute atomic E-state index is 0.134. The monoisotopic (exact) mass is 156 g/mol. The second-order valence-electron chi connectivity index (χ2n) is 2.22.